The van der Waals surface area contributed by atoms with E-state index in [0.29, 0.717) is 34.3 Å². The predicted molar refractivity (Wildman–Crippen MR) is 121 cm³/mol. The maximum Gasteiger partial charge on any atom is 0.294 e. The Morgan fingerprint density at radius 2 is 1.91 bits per heavy atom. The van der Waals surface area contributed by atoms with Crippen molar-refractivity contribution in [1.82, 2.24) is 30.7 Å². The summed E-state index contributed by atoms with van der Waals surface area (Å²) in [5, 5.41) is 20.2. The summed E-state index contributed by atoms with van der Waals surface area (Å²) in [6.45, 7) is 4.18. The summed E-state index contributed by atoms with van der Waals surface area (Å²) in [7, 11) is 0. The van der Waals surface area contributed by atoms with Crippen molar-refractivity contribution in [2.45, 2.75) is 13.8 Å². The number of carbonyl (C=O) groups excluding carboxylic acids is 1. The van der Waals surface area contributed by atoms with Gasteiger partial charge in [-0.25, -0.2) is 10.1 Å². The first-order valence-electron chi connectivity index (χ1n) is 9.85. The molecule has 2 aromatic carbocycles. The van der Waals surface area contributed by atoms with Crippen molar-refractivity contribution in [2.24, 2.45) is 5.10 Å². The van der Waals surface area contributed by atoms with Crippen LogP contribution in [0.4, 0.5) is 5.82 Å². The molecule has 0 bridgehead atoms. The number of amides is 1. The minimum Gasteiger partial charge on any atom is -0.494 e. The van der Waals surface area contributed by atoms with Crippen LogP contribution in [-0.4, -0.2) is 43.5 Å². The third kappa shape index (κ3) is 4.67. The molecule has 1 amide bonds. The van der Waals surface area contributed by atoms with E-state index in [1.165, 1.54) is 4.68 Å². The SMILES string of the molecule is CCOc1ccc(-c2c(C(=O)N/N=C(/C)c3ccc(Cl)cc3)nnn2-c2nonc2N)cc1. The van der Waals surface area contributed by atoms with Crippen molar-refractivity contribution in [2.75, 3.05) is 12.3 Å². The molecular formula is C21H19ClN8O3. The number of carbonyl (C=O) groups is 1. The van der Waals surface area contributed by atoms with E-state index < -0.39 is 5.91 Å². The topological polar surface area (TPSA) is 146 Å². The van der Waals surface area contributed by atoms with E-state index >= 15 is 0 Å². The molecular weight excluding hydrogens is 448 g/mol. The van der Waals surface area contributed by atoms with E-state index in [9.17, 15) is 4.79 Å². The third-order valence-corrected chi connectivity index (χ3v) is 4.86. The van der Waals surface area contributed by atoms with Gasteiger partial charge in [-0.3, -0.25) is 4.79 Å². The van der Waals surface area contributed by atoms with Crippen LogP contribution >= 0.6 is 11.6 Å². The standard InChI is InChI=1S/C21H19ClN8O3/c1-3-32-16-10-6-14(7-11-16)18-17(25-29-30(18)20-19(23)27-33-28-20)21(31)26-24-12(2)13-4-8-15(22)9-5-13/h4-11H,3H2,1-2H3,(H2,23,27)(H,26,31)/b24-12-. The van der Waals surface area contributed by atoms with Gasteiger partial charge in [0.25, 0.3) is 5.91 Å². The summed E-state index contributed by atoms with van der Waals surface area (Å²) in [5.41, 5.74) is 10.7. The second kappa shape index (κ2) is 9.49. The third-order valence-electron chi connectivity index (χ3n) is 4.61. The van der Waals surface area contributed by atoms with Crippen LogP contribution in [0.1, 0.15) is 29.9 Å². The molecule has 0 aliphatic heterocycles. The Morgan fingerprint density at radius 1 is 1.18 bits per heavy atom. The molecule has 0 radical (unpaired) electrons. The van der Waals surface area contributed by atoms with Crippen LogP contribution in [-0.2, 0) is 0 Å². The van der Waals surface area contributed by atoms with E-state index in [1.54, 1.807) is 55.5 Å². The molecule has 2 aromatic heterocycles. The Hall–Kier alpha value is -4.25. The summed E-state index contributed by atoms with van der Waals surface area (Å²) in [5.74, 6) is 0.201. The first-order chi connectivity index (χ1) is 16.0. The van der Waals surface area contributed by atoms with Crippen LogP contribution in [0.15, 0.2) is 58.3 Å². The van der Waals surface area contributed by atoms with Crippen LogP contribution < -0.4 is 15.9 Å². The fraction of sp³-hybridized carbons (Fsp3) is 0.143. The zero-order chi connectivity index (χ0) is 23.4. The maximum atomic E-state index is 13.0. The average Bonchev–Trinajstić information content (AvgIpc) is 3.44. The molecule has 0 saturated carbocycles. The molecule has 4 aromatic rings. The number of ether oxygens (including phenoxy) is 1. The fourth-order valence-electron chi connectivity index (χ4n) is 3.00. The normalized spacial score (nSPS) is 11.4. The maximum absolute atomic E-state index is 13.0. The lowest BCUT2D eigenvalue weighted by Crippen LogP contribution is -2.21. The molecule has 33 heavy (non-hydrogen) atoms. The van der Waals surface area contributed by atoms with E-state index in [1.807, 2.05) is 6.92 Å². The fourth-order valence-corrected chi connectivity index (χ4v) is 3.12. The van der Waals surface area contributed by atoms with E-state index in [-0.39, 0.29) is 17.3 Å². The van der Waals surface area contributed by atoms with Gasteiger partial charge in [0.05, 0.1) is 12.3 Å². The van der Waals surface area contributed by atoms with Crippen LogP contribution in [0.3, 0.4) is 0 Å². The van der Waals surface area contributed by atoms with Gasteiger partial charge < -0.3 is 10.5 Å². The van der Waals surface area contributed by atoms with Crippen molar-refractivity contribution in [1.29, 1.82) is 0 Å². The van der Waals surface area contributed by atoms with Crippen LogP contribution in [0, 0.1) is 0 Å². The number of hydrogen-bond donors (Lipinski definition) is 2. The molecule has 3 N–H and O–H groups in total. The molecule has 0 spiro atoms. The van der Waals surface area contributed by atoms with Gasteiger partial charge in [0.15, 0.2) is 5.69 Å². The predicted octanol–water partition coefficient (Wildman–Crippen LogP) is 3.11. The number of hydrazone groups is 1. The number of nitrogens with zero attached hydrogens (tertiary/aromatic N) is 6. The molecule has 0 atom stereocenters. The smallest absolute Gasteiger partial charge is 0.294 e. The largest absolute Gasteiger partial charge is 0.494 e. The summed E-state index contributed by atoms with van der Waals surface area (Å²) < 4.78 is 11.5. The average molecular weight is 467 g/mol. The zero-order valence-electron chi connectivity index (χ0n) is 17.7. The highest BCUT2D eigenvalue weighted by atomic mass is 35.5. The highest BCUT2D eigenvalue weighted by Gasteiger charge is 2.25. The van der Waals surface area contributed by atoms with E-state index in [4.69, 9.17) is 22.1 Å². The quantitative estimate of drug-likeness (QED) is 0.312. The molecule has 0 saturated heterocycles. The lowest BCUT2D eigenvalue weighted by Gasteiger charge is -2.08. The molecule has 0 aliphatic carbocycles. The van der Waals surface area contributed by atoms with Gasteiger partial charge in [0.2, 0.25) is 11.6 Å². The van der Waals surface area contributed by atoms with Crippen molar-refractivity contribution >= 4 is 29.0 Å². The van der Waals surface area contributed by atoms with Gasteiger partial charge in [0, 0.05) is 10.6 Å². The Kier molecular flexibility index (Phi) is 6.31. The molecule has 0 aliphatic rings. The first-order valence-corrected chi connectivity index (χ1v) is 10.2. The zero-order valence-corrected chi connectivity index (χ0v) is 18.4. The summed E-state index contributed by atoms with van der Waals surface area (Å²) in [6, 6.07) is 14.2. The highest BCUT2D eigenvalue weighted by Crippen LogP contribution is 2.28. The van der Waals surface area contributed by atoms with Crippen LogP contribution in [0.5, 0.6) is 5.75 Å². The molecule has 0 unspecified atom stereocenters. The van der Waals surface area contributed by atoms with Crippen LogP contribution in [0.2, 0.25) is 5.02 Å². The van der Waals surface area contributed by atoms with Crippen molar-refractivity contribution in [3.05, 3.63) is 64.8 Å². The van der Waals surface area contributed by atoms with Gasteiger partial charge in [0.1, 0.15) is 11.4 Å². The molecule has 12 heteroatoms. The van der Waals surface area contributed by atoms with Gasteiger partial charge in [-0.1, -0.05) is 28.9 Å². The summed E-state index contributed by atoms with van der Waals surface area (Å²) >= 11 is 5.92. The lowest BCUT2D eigenvalue weighted by molar-refractivity contribution is 0.0950. The van der Waals surface area contributed by atoms with Gasteiger partial charge in [-0.05, 0) is 66.1 Å². The number of anilines is 1. The summed E-state index contributed by atoms with van der Waals surface area (Å²) in [6.07, 6.45) is 0. The second-order valence-electron chi connectivity index (χ2n) is 6.77. The van der Waals surface area contributed by atoms with E-state index in [2.05, 4.69) is 35.8 Å². The van der Waals surface area contributed by atoms with Gasteiger partial charge in [-0.15, -0.1) is 5.10 Å². The first kappa shape index (κ1) is 22.0. The number of nitrogens with two attached hydrogens (primary N) is 1. The molecule has 2 heterocycles. The number of halogens is 1. The highest BCUT2D eigenvalue weighted by molar-refractivity contribution is 6.30. The Balaban J connectivity index is 1.69. The van der Waals surface area contributed by atoms with Crippen molar-refractivity contribution in [3.63, 3.8) is 0 Å². The van der Waals surface area contributed by atoms with Crippen molar-refractivity contribution in [3.8, 4) is 22.8 Å². The minimum atomic E-state index is -0.575. The second-order valence-corrected chi connectivity index (χ2v) is 7.21. The van der Waals surface area contributed by atoms with Gasteiger partial charge >= 0.3 is 0 Å². The Bertz CT molecular complexity index is 1300. The number of rotatable bonds is 7. The molecule has 11 nitrogen and oxygen atoms in total. The number of nitrogens with one attached hydrogen (secondary N) is 1. The molecule has 4 rings (SSSR count). The number of benzene rings is 2. The number of nitrogen functional groups attached to an aromatic ring is 1. The Labute approximate surface area is 193 Å². The number of aromatic nitrogens is 5. The Morgan fingerprint density at radius 3 is 2.55 bits per heavy atom. The molecule has 0 fully saturated rings. The minimum absolute atomic E-state index is 0.00403. The van der Waals surface area contributed by atoms with E-state index in [0.717, 1.165) is 5.56 Å². The lowest BCUT2D eigenvalue weighted by atomic mass is 10.1. The van der Waals surface area contributed by atoms with Gasteiger partial charge in [-0.2, -0.15) is 9.78 Å². The van der Waals surface area contributed by atoms with Crippen LogP contribution in [0.25, 0.3) is 17.1 Å². The summed E-state index contributed by atoms with van der Waals surface area (Å²) in [4.78, 5) is 13.0. The van der Waals surface area contributed by atoms with Crippen molar-refractivity contribution < 1.29 is 14.2 Å². The molecule has 168 valence electrons. The monoisotopic (exact) mass is 466 g/mol. The number of hydrogen-bond acceptors (Lipinski definition) is 9.